The lowest BCUT2D eigenvalue weighted by molar-refractivity contribution is 0.180. The molecule has 0 aliphatic carbocycles. The van der Waals surface area contributed by atoms with Crippen LogP contribution >= 0.6 is 0 Å². The summed E-state index contributed by atoms with van der Waals surface area (Å²) in [6, 6.07) is 12.7. The van der Waals surface area contributed by atoms with Crippen LogP contribution in [0.2, 0.25) is 0 Å². The molecule has 2 aromatic heterocycles. The third kappa shape index (κ3) is 3.11. The summed E-state index contributed by atoms with van der Waals surface area (Å²) in [5.74, 6) is 2.01. The van der Waals surface area contributed by atoms with Crippen LogP contribution in [-0.4, -0.2) is 11.1 Å². The molecule has 1 aliphatic heterocycles. The molecule has 3 aromatic rings. The Kier molecular flexibility index (Phi) is 3.87. The molecule has 0 spiro atoms. The molecule has 3 heterocycles. The van der Waals surface area contributed by atoms with Gasteiger partial charge in [-0.3, -0.25) is 0 Å². The largest absolute Gasteiger partial charge is 0.490 e. The number of hydrogen-bond acceptors (Lipinski definition) is 3. The summed E-state index contributed by atoms with van der Waals surface area (Å²) in [6.45, 7) is 11.2. The van der Waals surface area contributed by atoms with Crippen molar-refractivity contribution in [1.29, 1.82) is 0 Å². The molecule has 1 aromatic carbocycles. The molecule has 3 nitrogen and oxygen atoms in total. The number of fused-ring (bicyclic) bond motifs is 2. The summed E-state index contributed by atoms with van der Waals surface area (Å²) >= 11 is 0. The number of aromatic nitrogens is 1. The molecule has 0 saturated carbocycles. The lowest BCUT2D eigenvalue weighted by Gasteiger charge is -2.25. The molecule has 0 saturated heterocycles. The first-order valence-electron chi connectivity index (χ1n) is 9.37. The van der Waals surface area contributed by atoms with Crippen molar-refractivity contribution in [2.45, 2.75) is 64.4 Å². The lowest BCUT2D eigenvalue weighted by Crippen LogP contribution is -2.27. The maximum absolute atomic E-state index is 6.25. The molecule has 0 radical (unpaired) electrons. The fourth-order valence-electron chi connectivity index (χ4n) is 3.78. The summed E-state index contributed by atoms with van der Waals surface area (Å²) in [5.41, 5.74) is 3.45. The third-order valence-electron chi connectivity index (χ3n) is 5.37. The molecule has 3 heteroatoms. The van der Waals surface area contributed by atoms with E-state index in [-0.39, 0.29) is 16.9 Å². The van der Waals surface area contributed by atoms with E-state index in [1.165, 1.54) is 11.1 Å². The van der Waals surface area contributed by atoms with Crippen molar-refractivity contribution in [3.63, 3.8) is 0 Å². The van der Waals surface area contributed by atoms with E-state index < -0.39 is 0 Å². The van der Waals surface area contributed by atoms with E-state index in [0.717, 1.165) is 29.7 Å². The highest BCUT2D eigenvalue weighted by molar-refractivity contribution is 5.73. The lowest BCUT2D eigenvalue weighted by atomic mass is 9.82. The maximum Gasteiger partial charge on any atom is 0.226 e. The van der Waals surface area contributed by atoms with Gasteiger partial charge in [-0.25, -0.2) is 4.98 Å². The molecule has 1 atom stereocenters. The van der Waals surface area contributed by atoms with Crippen LogP contribution in [0.15, 0.2) is 47.0 Å². The minimum absolute atomic E-state index is 0.111. The number of benzene rings is 1. The second-order valence-corrected chi connectivity index (χ2v) is 9.11. The smallest absolute Gasteiger partial charge is 0.226 e. The topological polar surface area (TPSA) is 35.3 Å². The first kappa shape index (κ1) is 17.1. The summed E-state index contributed by atoms with van der Waals surface area (Å²) in [6.07, 6.45) is 3.82. The van der Waals surface area contributed by atoms with E-state index in [0.29, 0.717) is 5.71 Å². The molecule has 1 unspecified atom stereocenters. The van der Waals surface area contributed by atoms with Crippen molar-refractivity contribution in [1.82, 2.24) is 4.98 Å². The van der Waals surface area contributed by atoms with Crippen molar-refractivity contribution >= 4 is 11.1 Å². The second-order valence-electron chi connectivity index (χ2n) is 9.11. The molecule has 136 valence electrons. The number of nitrogens with zero attached hydrogens (tertiary/aromatic N) is 1. The van der Waals surface area contributed by atoms with Crippen LogP contribution in [0.3, 0.4) is 0 Å². The number of hydrogen-bond donors (Lipinski definition) is 0. The summed E-state index contributed by atoms with van der Waals surface area (Å²) in [4.78, 5) is 4.31. The first-order chi connectivity index (χ1) is 12.2. The van der Waals surface area contributed by atoms with Gasteiger partial charge in [0, 0.05) is 23.4 Å². The van der Waals surface area contributed by atoms with Gasteiger partial charge in [0.2, 0.25) is 5.71 Å². The molecule has 4 rings (SSSR count). The van der Waals surface area contributed by atoms with Crippen LogP contribution in [0.1, 0.15) is 57.9 Å². The first-order valence-corrected chi connectivity index (χ1v) is 9.37. The van der Waals surface area contributed by atoms with Gasteiger partial charge in [-0.2, -0.15) is 0 Å². The zero-order valence-electron chi connectivity index (χ0n) is 16.3. The quantitative estimate of drug-likeness (QED) is 0.600. The maximum atomic E-state index is 6.25. The molecule has 0 N–H and O–H groups in total. The Balaban J connectivity index is 1.53. The fourth-order valence-corrected chi connectivity index (χ4v) is 3.78. The fraction of sp³-hybridized carbons (Fsp3) is 0.435. The predicted molar refractivity (Wildman–Crippen MR) is 105 cm³/mol. The number of furan rings is 1. The molecule has 0 fully saturated rings. The third-order valence-corrected chi connectivity index (χ3v) is 5.37. The van der Waals surface area contributed by atoms with Gasteiger partial charge in [-0.1, -0.05) is 46.8 Å². The van der Waals surface area contributed by atoms with E-state index in [4.69, 9.17) is 9.15 Å². The summed E-state index contributed by atoms with van der Waals surface area (Å²) in [7, 11) is 0. The van der Waals surface area contributed by atoms with E-state index in [2.05, 4.69) is 63.9 Å². The zero-order valence-corrected chi connectivity index (χ0v) is 16.3. The van der Waals surface area contributed by atoms with E-state index in [9.17, 15) is 0 Å². The average Bonchev–Trinajstić information content (AvgIpc) is 3.16. The Morgan fingerprint density at radius 3 is 2.62 bits per heavy atom. The molecular weight excluding hydrogens is 322 g/mol. The van der Waals surface area contributed by atoms with Crippen LogP contribution in [-0.2, 0) is 17.3 Å². The Morgan fingerprint density at radius 1 is 1.08 bits per heavy atom. The van der Waals surface area contributed by atoms with Crippen molar-refractivity contribution < 1.29 is 9.15 Å². The normalized spacial score (nSPS) is 17.3. The van der Waals surface area contributed by atoms with Crippen LogP contribution in [0.5, 0.6) is 5.75 Å². The Hall–Kier alpha value is -2.29. The molecule has 1 aliphatic rings. The van der Waals surface area contributed by atoms with E-state index in [1.807, 2.05) is 12.1 Å². The van der Waals surface area contributed by atoms with Crippen LogP contribution in [0.4, 0.5) is 0 Å². The van der Waals surface area contributed by atoms with Gasteiger partial charge in [-0.05, 0) is 47.2 Å². The second kappa shape index (κ2) is 5.87. The highest BCUT2D eigenvalue weighted by Crippen LogP contribution is 2.39. The standard InChI is InChI=1S/C23H27NO2/c1-22(2,3)17-8-9-19-16(11-17)12-18(25-19)14-23(4,5)20-13-15-7-6-10-24-21(15)26-20/h6-11,13,18H,12,14H2,1-5H3. The minimum atomic E-state index is -0.111. The average molecular weight is 349 g/mol. The van der Waals surface area contributed by atoms with Gasteiger partial charge in [0.25, 0.3) is 0 Å². The van der Waals surface area contributed by atoms with Gasteiger partial charge >= 0.3 is 0 Å². The summed E-state index contributed by atoms with van der Waals surface area (Å²) in [5, 5.41) is 1.06. The molecule has 0 bridgehead atoms. The van der Waals surface area contributed by atoms with Gasteiger partial charge in [0.15, 0.2) is 0 Å². The Bertz CT molecular complexity index is 913. The highest BCUT2D eigenvalue weighted by Gasteiger charge is 2.33. The van der Waals surface area contributed by atoms with Crippen LogP contribution in [0, 0.1) is 0 Å². The van der Waals surface area contributed by atoms with Crippen molar-refractivity contribution in [2.75, 3.05) is 0 Å². The number of pyridine rings is 1. The number of ether oxygens (including phenoxy) is 1. The van der Waals surface area contributed by atoms with Gasteiger partial charge in [0.05, 0.1) is 0 Å². The van der Waals surface area contributed by atoms with Crippen LogP contribution < -0.4 is 4.74 Å². The van der Waals surface area contributed by atoms with E-state index >= 15 is 0 Å². The zero-order chi connectivity index (χ0) is 18.5. The molecule has 0 amide bonds. The Labute approximate surface area is 155 Å². The van der Waals surface area contributed by atoms with Crippen LogP contribution in [0.25, 0.3) is 11.1 Å². The predicted octanol–water partition coefficient (Wildman–Crippen LogP) is 5.80. The van der Waals surface area contributed by atoms with Gasteiger partial charge in [0.1, 0.15) is 17.6 Å². The minimum Gasteiger partial charge on any atom is -0.490 e. The van der Waals surface area contributed by atoms with Gasteiger partial charge in [-0.15, -0.1) is 0 Å². The molecule has 26 heavy (non-hydrogen) atoms. The van der Waals surface area contributed by atoms with Crippen molar-refractivity contribution in [2.24, 2.45) is 0 Å². The summed E-state index contributed by atoms with van der Waals surface area (Å²) < 4.78 is 12.3. The van der Waals surface area contributed by atoms with E-state index in [1.54, 1.807) is 6.20 Å². The highest BCUT2D eigenvalue weighted by atomic mass is 16.5. The molecular formula is C23H27NO2. The monoisotopic (exact) mass is 349 g/mol. The van der Waals surface area contributed by atoms with Crippen molar-refractivity contribution in [3.05, 3.63) is 59.5 Å². The van der Waals surface area contributed by atoms with Gasteiger partial charge < -0.3 is 9.15 Å². The Morgan fingerprint density at radius 2 is 1.88 bits per heavy atom. The van der Waals surface area contributed by atoms with Crippen molar-refractivity contribution in [3.8, 4) is 5.75 Å². The number of rotatable bonds is 3. The SMILES string of the molecule is CC(C)(C)c1ccc2c(c1)CC(CC(C)(C)c1cc3cccnc3o1)O2.